The van der Waals surface area contributed by atoms with Crippen molar-refractivity contribution in [3.8, 4) is 0 Å². The van der Waals surface area contributed by atoms with E-state index in [1.807, 2.05) is 6.07 Å². The maximum absolute atomic E-state index is 11.0. The van der Waals surface area contributed by atoms with Crippen LogP contribution in [0.15, 0.2) is 30.9 Å². The molecule has 0 spiro atoms. The van der Waals surface area contributed by atoms with Crippen LogP contribution in [0.3, 0.4) is 0 Å². The van der Waals surface area contributed by atoms with Gasteiger partial charge >= 0.3 is 0 Å². The molecule has 3 nitrogen and oxygen atoms in total. The summed E-state index contributed by atoms with van der Waals surface area (Å²) >= 11 is 0. The van der Waals surface area contributed by atoms with Gasteiger partial charge in [0.25, 0.3) is 5.69 Å². The first kappa shape index (κ1) is 10.9. The number of benzene rings is 1. The number of allylic oxidation sites excluding steroid dienone is 1. The molecular formula is C13H14NO2. The lowest BCUT2D eigenvalue weighted by atomic mass is 9.92. The zero-order valence-electron chi connectivity index (χ0n) is 9.06. The van der Waals surface area contributed by atoms with Crippen LogP contribution in [0.5, 0.6) is 0 Å². The zero-order valence-corrected chi connectivity index (χ0v) is 9.06. The highest BCUT2D eigenvalue weighted by Gasteiger charge is 2.33. The largest absolute Gasteiger partial charge is 0.273 e. The summed E-state index contributed by atoms with van der Waals surface area (Å²) in [5.41, 5.74) is 2.05. The summed E-state index contributed by atoms with van der Waals surface area (Å²) < 4.78 is 0. The van der Waals surface area contributed by atoms with E-state index in [4.69, 9.17) is 0 Å². The Kier molecular flexibility index (Phi) is 2.77. The molecule has 2 rings (SSSR count). The highest BCUT2D eigenvalue weighted by Crippen LogP contribution is 2.47. The molecule has 1 atom stereocenters. The monoisotopic (exact) mass is 216 g/mol. The minimum absolute atomic E-state index is 0.0736. The molecule has 0 aromatic heterocycles. The van der Waals surface area contributed by atoms with Crippen molar-refractivity contribution in [3.63, 3.8) is 0 Å². The first-order valence-corrected chi connectivity index (χ1v) is 5.38. The topological polar surface area (TPSA) is 43.1 Å². The standard InChI is InChI=1S/C13H14NO2/c1-3-9(2)11-5-4-6-12(14(15)16)13(11)10-7-8-10/h3-6,9-10H,1-2,7-8H2. The predicted molar refractivity (Wildman–Crippen MR) is 63.4 cm³/mol. The molecule has 16 heavy (non-hydrogen) atoms. The van der Waals surface area contributed by atoms with Crippen molar-refractivity contribution in [3.05, 3.63) is 59.0 Å². The number of hydrogen-bond acceptors (Lipinski definition) is 2. The van der Waals surface area contributed by atoms with Gasteiger partial charge in [0.05, 0.1) is 4.92 Å². The molecule has 1 aliphatic carbocycles. The minimum atomic E-state index is -0.299. The zero-order chi connectivity index (χ0) is 11.7. The van der Waals surface area contributed by atoms with Gasteiger partial charge in [-0.3, -0.25) is 10.1 Å². The maximum atomic E-state index is 11.0. The smallest absolute Gasteiger partial charge is 0.258 e. The van der Waals surface area contributed by atoms with Gasteiger partial charge < -0.3 is 0 Å². The summed E-state index contributed by atoms with van der Waals surface area (Å²) in [5, 5.41) is 11.0. The van der Waals surface area contributed by atoms with Crippen LogP contribution in [-0.2, 0) is 0 Å². The van der Waals surface area contributed by atoms with Gasteiger partial charge in [0.15, 0.2) is 0 Å². The molecule has 0 bridgehead atoms. The lowest BCUT2D eigenvalue weighted by Gasteiger charge is -2.12. The van der Waals surface area contributed by atoms with Gasteiger partial charge in [-0.25, -0.2) is 0 Å². The molecule has 0 N–H and O–H groups in total. The van der Waals surface area contributed by atoms with E-state index in [0.717, 1.165) is 24.0 Å². The van der Waals surface area contributed by atoms with Gasteiger partial charge in [-0.05, 0) is 31.2 Å². The van der Waals surface area contributed by atoms with E-state index >= 15 is 0 Å². The van der Waals surface area contributed by atoms with Crippen LogP contribution >= 0.6 is 0 Å². The Morgan fingerprint density at radius 2 is 2.19 bits per heavy atom. The molecule has 1 saturated carbocycles. The van der Waals surface area contributed by atoms with Crippen molar-refractivity contribution < 1.29 is 4.92 Å². The third-order valence-electron chi connectivity index (χ3n) is 2.98. The molecule has 1 aromatic rings. The van der Waals surface area contributed by atoms with Crippen LogP contribution in [-0.4, -0.2) is 4.92 Å². The lowest BCUT2D eigenvalue weighted by molar-refractivity contribution is -0.385. The predicted octanol–water partition coefficient (Wildman–Crippen LogP) is 3.58. The molecule has 1 radical (unpaired) electrons. The van der Waals surface area contributed by atoms with Crippen molar-refractivity contribution >= 4 is 5.69 Å². The number of nitro benzene ring substituents is 1. The van der Waals surface area contributed by atoms with Gasteiger partial charge in [0.1, 0.15) is 0 Å². The van der Waals surface area contributed by atoms with Crippen LogP contribution in [0.4, 0.5) is 5.69 Å². The van der Waals surface area contributed by atoms with Gasteiger partial charge in [0.2, 0.25) is 0 Å². The first-order chi connectivity index (χ1) is 7.65. The Labute approximate surface area is 94.9 Å². The molecule has 83 valence electrons. The van der Waals surface area contributed by atoms with E-state index in [1.165, 1.54) is 0 Å². The molecule has 1 fully saturated rings. The fourth-order valence-corrected chi connectivity index (χ4v) is 2.00. The lowest BCUT2D eigenvalue weighted by Crippen LogP contribution is -2.01. The second kappa shape index (κ2) is 4.08. The second-order valence-electron chi connectivity index (χ2n) is 4.15. The van der Waals surface area contributed by atoms with Gasteiger partial charge in [-0.2, -0.15) is 0 Å². The van der Waals surface area contributed by atoms with Gasteiger partial charge in [0, 0.05) is 17.5 Å². The highest BCUT2D eigenvalue weighted by molar-refractivity contribution is 5.52. The Bertz CT molecular complexity index is 436. The summed E-state index contributed by atoms with van der Waals surface area (Å²) in [4.78, 5) is 10.7. The summed E-state index contributed by atoms with van der Waals surface area (Å²) in [6, 6.07) is 5.22. The van der Waals surface area contributed by atoms with Crippen LogP contribution < -0.4 is 0 Å². The number of nitro groups is 1. The average molecular weight is 216 g/mol. The minimum Gasteiger partial charge on any atom is -0.258 e. The fraction of sp³-hybridized carbons (Fsp3) is 0.308. The molecule has 0 saturated heterocycles. The van der Waals surface area contributed by atoms with E-state index in [9.17, 15) is 10.1 Å². The van der Waals surface area contributed by atoms with Crippen LogP contribution in [0, 0.1) is 17.0 Å². The normalized spacial score (nSPS) is 16.8. The molecular weight excluding hydrogens is 202 g/mol. The Hall–Kier alpha value is -1.64. The van der Waals surface area contributed by atoms with Crippen molar-refractivity contribution in [2.75, 3.05) is 0 Å². The molecule has 1 unspecified atom stereocenters. The third kappa shape index (κ3) is 1.85. The van der Waals surface area contributed by atoms with E-state index in [2.05, 4.69) is 13.5 Å². The summed E-state index contributed by atoms with van der Waals surface area (Å²) in [5.74, 6) is 0.274. The second-order valence-corrected chi connectivity index (χ2v) is 4.15. The van der Waals surface area contributed by atoms with Crippen LogP contribution in [0.25, 0.3) is 0 Å². The number of nitrogens with zero attached hydrogens (tertiary/aromatic N) is 1. The van der Waals surface area contributed by atoms with Gasteiger partial charge in [-0.1, -0.05) is 18.2 Å². The van der Waals surface area contributed by atoms with Crippen molar-refractivity contribution in [1.29, 1.82) is 0 Å². The van der Waals surface area contributed by atoms with Crippen molar-refractivity contribution in [2.24, 2.45) is 0 Å². The molecule has 0 aliphatic heterocycles. The van der Waals surface area contributed by atoms with Crippen LogP contribution in [0.2, 0.25) is 0 Å². The molecule has 3 heteroatoms. The van der Waals surface area contributed by atoms with Gasteiger partial charge in [-0.15, -0.1) is 6.58 Å². The average Bonchev–Trinajstić information content (AvgIpc) is 3.10. The first-order valence-electron chi connectivity index (χ1n) is 5.38. The van der Waals surface area contributed by atoms with E-state index in [0.29, 0.717) is 5.92 Å². The maximum Gasteiger partial charge on any atom is 0.273 e. The van der Waals surface area contributed by atoms with Crippen LogP contribution in [0.1, 0.15) is 35.8 Å². The number of hydrogen-bond donors (Lipinski definition) is 0. The summed E-state index contributed by atoms with van der Waals surface area (Å²) in [7, 11) is 0. The highest BCUT2D eigenvalue weighted by atomic mass is 16.6. The summed E-state index contributed by atoms with van der Waals surface area (Å²) in [6.07, 6.45) is 3.81. The van der Waals surface area contributed by atoms with E-state index in [-0.39, 0.29) is 16.5 Å². The molecule has 0 heterocycles. The van der Waals surface area contributed by atoms with Crippen molar-refractivity contribution in [2.45, 2.75) is 24.7 Å². The fourth-order valence-electron chi connectivity index (χ4n) is 2.00. The molecule has 1 aliphatic rings. The molecule has 0 amide bonds. The Morgan fingerprint density at radius 3 is 2.69 bits per heavy atom. The third-order valence-corrected chi connectivity index (χ3v) is 2.98. The molecule has 1 aromatic carbocycles. The number of rotatable bonds is 4. The Morgan fingerprint density at radius 1 is 1.50 bits per heavy atom. The van der Waals surface area contributed by atoms with Crippen molar-refractivity contribution in [1.82, 2.24) is 0 Å². The summed E-state index contributed by atoms with van der Waals surface area (Å²) in [6.45, 7) is 7.66. The quantitative estimate of drug-likeness (QED) is 0.438. The Balaban J connectivity index is 2.55. The SMILES string of the molecule is [CH2]C(C=C)c1cccc([N+](=O)[O-])c1C1CC1. The van der Waals surface area contributed by atoms with E-state index < -0.39 is 0 Å². The van der Waals surface area contributed by atoms with E-state index in [1.54, 1.807) is 18.2 Å².